The lowest BCUT2D eigenvalue weighted by molar-refractivity contribution is -0.127. The third-order valence-corrected chi connectivity index (χ3v) is 3.35. The number of rotatable bonds is 6. The van der Waals surface area contributed by atoms with Gasteiger partial charge in [-0.3, -0.25) is 4.79 Å². The molecule has 2 N–H and O–H groups in total. The molecule has 0 saturated carbocycles. The van der Waals surface area contributed by atoms with E-state index < -0.39 is 6.10 Å². The minimum Gasteiger partial charge on any atom is -0.481 e. The fraction of sp³-hybridized carbons (Fsp3) is 0.562. The summed E-state index contributed by atoms with van der Waals surface area (Å²) in [5.41, 5.74) is 1.04. The first-order valence-electron chi connectivity index (χ1n) is 7.20. The average molecular weight is 357 g/mol. The summed E-state index contributed by atoms with van der Waals surface area (Å²) in [4.78, 5) is 11.8. The zero-order chi connectivity index (χ0) is 16.0. The molecule has 21 heavy (non-hydrogen) atoms. The van der Waals surface area contributed by atoms with Crippen molar-refractivity contribution in [3.8, 4) is 5.75 Å². The van der Waals surface area contributed by atoms with Crippen LogP contribution in [0.4, 0.5) is 0 Å². The van der Waals surface area contributed by atoms with E-state index in [-0.39, 0.29) is 11.4 Å². The van der Waals surface area contributed by atoms with Crippen molar-refractivity contribution in [3.05, 3.63) is 28.2 Å². The smallest absolute Gasteiger partial charge is 0.260 e. The van der Waals surface area contributed by atoms with E-state index in [1.54, 1.807) is 6.92 Å². The zero-order valence-electron chi connectivity index (χ0n) is 13.4. The lowest BCUT2D eigenvalue weighted by atomic mass is 10.1. The Morgan fingerprint density at radius 1 is 1.38 bits per heavy atom. The van der Waals surface area contributed by atoms with Crippen LogP contribution in [0.2, 0.25) is 0 Å². The van der Waals surface area contributed by atoms with Gasteiger partial charge >= 0.3 is 0 Å². The SMILES string of the molecule is CCNC(=O)C(C)Oc1ccc(Br)cc1CNC(C)(C)C. The molecule has 118 valence electrons. The molecule has 0 radical (unpaired) electrons. The molecule has 0 heterocycles. The molecule has 1 rings (SSSR count). The summed E-state index contributed by atoms with van der Waals surface area (Å²) in [6.07, 6.45) is -0.514. The molecular weight excluding hydrogens is 332 g/mol. The molecule has 0 saturated heterocycles. The summed E-state index contributed by atoms with van der Waals surface area (Å²) in [5.74, 6) is 0.629. The van der Waals surface area contributed by atoms with Crippen LogP contribution in [0.1, 0.15) is 40.2 Å². The number of nitrogens with one attached hydrogen (secondary N) is 2. The molecule has 0 bridgehead atoms. The average Bonchev–Trinajstić information content (AvgIpc) is 2.38. The monoisotopic (exact) mass is 356 g/mol. The Hall–Kier alpha value is -1.07. The van der Waals surface area contributed by atoms with Crippen LogP contribution in [-0.2, 0) is 11.3 Å². The van der Waals surface area contributed by atoms with Gasteiger partial charge in [0.2, 0.25) is 0 Å². The molecule has 1 aromatic rings. The molecule has 1 unspecified atom stereocenters. The second-order valence-electron chi connectivity index (χ2n) is 6.01. The van der Waals surface area contributed by atoms with Crippen molar-refractivity contribution in [1.29, 1.82) is 0 Å². The van der Waals surface area contributed by atoms with Gasteiger partial charge < -0.3 is 15.4 Å². The van der Waals surface area contributed by atoms with Crippen LogP contribution in [0, 0.1) is 0 Å². The number of carbonyl (C=O) groups excluding carboxylic acids is 1. The van der Waals surface area contributed by atoms with Crippen molar-refractivity contribution < 1.29 is 9.53 Å². The van der Waals surface area contributed by atoms with Gasteiger partial charge in [-0.15, -0.1) is 0 Å². The number of carbonyl (C=O) groups is 1. The second kappa shape index (κ2) is 7.80. The molecule has 0 fully saturated rings. The fourth-order valence-corrected chi connectivity index (χ4v) is 2.13. The second-order valence-corrected chi connectivity index (χ2v) is 6.93. The molecule has 5 heteroatoms. The highest BCUT2D eigenvalue weighted by atomic mass is 79.9. The number of amides is 1. The van der Waals surface area contributed by atoms with E-state index in [2.05, 4.69) is 47.3 Å². The summed E-state index contributed by atoms with van der Waals surface area (Å²) in [6.45, 7) is 11.3. The van der Waals surface area contributed by atoms with Crippen LogP contribution in [0.5, 0.6) is 5.75 Å². The molecular formula is C16H25BrN2O2. The van der Waals surface area contributed by atoms with Gasteiger partial charge in [0.1, 0.15) is 5.75 Å². The Bertz CT molecular complexity index is 484. The largest absolute Gasteiger partial charge is 0.481 e. The standard InChI is InChI=1S/C16H25BrN2O2/c1-6-18-15(20)11(2)21-14-8-7-13(17)9-12(14)10-19-16(3,4)5/h7-9,11,19H,6,10H2,1-5H3,(H,18,20). The Morgan fingerprint density at radius 3 is 2.62 bits per heavy atom. The highest BCUT2D eigenvalue weighted by molar-refractivity contribution is 9.10. The summed E-state index contributed by atoms with van der Waals surface area (Å²) in [5, 5.41) is 6.20. The van der Waals surface area contributed by atoms with Crippen LogP contribution in [0.25, 0.3) is 0 Å². The van der Waals surface area contributed by atoms with Gasteiger partial charge in [0.05, 0.1) is 0 Å². The molecule has 0 aromatic heterocycles. The predicted molar refractivity (Wildman–Crippen MR) is 89.5 cm³/mol. The maximum atomic E-state index is 11.8. The fourth-order valence-electron chi connectivity index (χ4n) is 1.72. The first-order valence-corrected chi connectivity index (χ1v) is 8.00. The minimum atomic E-state index is -0.514. The van der Waals surface area contributed by atoms with Crippen molar-refractivity contribution in [1.82, 2.24) is 10.6 Å². The van der Waals surface area contributed by atoms with Gasteiger partial charge in [-0.25, -0.2) is 0 Å². The van der Waals surface area contributed by atoms with E-state index >= 15 is 0 Å². The van der Waals surface area contributed by atoms with Crippen molar-refractivity contribution in [2.45, 2.75) is 52.8 Å². The van der Waals surface area contributed by atoms with E-state index in [4.69, 9.17) is 4.74 Å². The van der Waals surface area contributed by atoms with Crippen LogP contribution in [-0.4, -0.2) is 24.1 Å². The quantitative estimate of drug-likeness (QED) is 0.822. The summed E-state index contributed by atoms with van der Waals surface area (Å²) >= 11 is 3.47. The number of hydrogen-bond donors (Lipinski definition) is 2. The molecule has 0 aliphatic heterocycles. The molecule has 0 spiro atoms. The van der Waals surface area contributed by atoms with Gasteiger partial charge in [0, 0.05) is 28.7 Å². The number of likely N-dealkylation sites (N-methyl/N-ethyl adjacent to an activating group) is 1. The topological polar surface area (TPSA) is 50.4 Å². The van der Waals surface area contributed by atoms with E-state index in [9.17, 15) is 4.79 Å². The molecule has 1 aromatic carbocycles. The van der Waals surface area contributed by atoms with Crippen LogP contribution in [0.15, 0.2) is 22.7 Å². The van der Waals surface area contributed by atoms with Crippen molar-refractivity contribution in [3.63, 3.8) is 0 Å². The number of hydrogen-bond acceptors (Lipinski definition) is 3. The van der Waals surface area contributed by atoms with Crippen molar-refractivity contribution in [2.24, 2.45) is 0 Å². The lowest BCUT2D eigenvalue weighted by Gasteiger charge is -2.23. The first-order chi connectivity index (χ1) is 9.73. The summed E-state index contributed by atoms with van der Waals surface area (Å²) < 4.78 is 6.80. The third kappa shape index (κ3) is 6.48. The minimum absolute atomic E-state index is 0.0186. The molecule has 1 atom stereocenters. The van der Waals surface area contributed by atoms with Gasteiger partial charge in [0.25, 0.3) is 5.91 Å². The van der Waals surface area contributed by atoms with Gasteiger partial charge in [-0.2, -0.15) is 0 Å². The Labute approximate surface area is 135 Å². The van der Waals surface area contributed by atoms with Crippen LogP contribution < -0.4 is 15.4 Å². The maximum absolute atomic E-state index is 11.8. The highest BCUT2D eigenvalue weighted by Gasteiger charge is 2.17. The van der Waals surface area contributed by atoms with Gasteiger partial charge in [0.15, 0.2) is 6.10 Å². The molecule has 4 nitrogen and oxygen atoms in total. The van der Waals surface area contributed by atoms with E-state index in [1.807, 2.05) is 25.1 Å². The van der Waals surface area contributed by atoms with E-state index in [0.717, 1.165) is 15.8 Å². The van der Waals surface area contributed by atoms with Gasteiger partial charge in [-0.1, -0.05) is 15.9 Å². The summed E-state index contributed by atoms with van der Waals surface area (Å²) in [7, 11) is 0. The number of halogens is 1. The first kappa shape index (κ1) is 18.0. The number of benzene rings is 1. The normalized spacial score (nSPS) is 12.9. The summed E-state index contributed by atoms with van der Waals surface area (Å²) in [6, 6.07) is 5.82. The Balaban J connectivity index is 2.83. The zero-order valence-corrected chi connectivity index (χ0v) is 15.0. The van der Waals surface area contributed by atoms with E-state index in [0.29, 0.717) is 13.1 Å². The molecule has 0 aliphatic carbocycles. The van der Waals surface area contributed by atoms with Gasteiger partial charge in [-0.05, 0) is 52.8 Å². The third-order valence-electron chi connectivity index (χ3n) is 2.86. The van der Waals surface area contributed by atoms with Crippen molar-refractivity contribution in [2.75, 3.05) is 6.54 Å². The predicted octanol–water partition coefficient (Wildman–Crippen LogP) is 3.24. The lowest BCUT2D eigenvalue weighted by Crippen LogP contribution is -2.37. The molecule has 1 amide bonds. The number of ether oxygens (including phenoxy) is 1. The Kier molecular flexibility index (Phi) is 6.68. The Morgan fingerprint density at radius 2 is 2.05 bits per heavy atom. The van der Waals surface area contributed by atoms with E-state index in [1.165, 1.54) is 0 Å². The molecule has 0 aliphatic rings. The highest BCUT2D eigenvalue weighted by Crippen LogP contribution is 2.24. The van der Waals surface area contributed by atoms with Crippen molar-refractivity contribution >= 4 is 21.8 Å². The van der Waals surface area contributed by atoms with Crippen LogP contribution >= 0.6 is 15.9 Å². The maximum Gasteiger partial charge on any atom is 0.260 e. The van der Waals surface area contributed by atoms with Crippen LogP contribution in [0.3, 0.4) is 0 Å².